The van der Waals surface area contributed by atoms with Gasteiger partial charge in [0.1, 0.15) is 11.5 Å². The van der Waals surface area contributed by atoms with E-state index in [4.69, 9.17) is 20.9 Å². The van der Waals surface area contributed by atoms with Crippen LogP contribution in [0.2, 0.25) is 0 Å². The molecule has 0 bridgehead atoms. The minimum absolute atomic E-state index is 0. The van der Waals surface area contributed by atoms with Crippen molar-refractivity contribution in [2.24, 2.45) is 0 Å². The van der Waals surface area contributed by atoms with E-state index in [0.717, 1.165) is 0 Å². The predicted molar refractivity (Wildman–Crippen MR) is 95.4 cm³/mol. The van der Waals surface area contributed by atoms with Crippen LogP contribution in [-0.4, -0.2) is 0 Å². The fourth-order valence-electron chi connectivity index (χ4n) is 2.16. The summed E-state index contributed by atoms with van der Waals surface area (Å²) < 4.78 is 66.8. The Kier molecular flexibility index (Phi) is 6.02. The van der Waals surface area contributed by atoms with Crippen LogP contribution in [0, 0.1) is 23.3 Å². The van der Waals surface area contributed by atoms with Gasteiger partial charge in [0, 0.05) is 23.5 Å². The molecule has 0 atom stereocenters. The molecule has 0 aliphatic rings. The van der Waals surface area contributed by atoms with Gasteiger partial charge in [0.05, 0.1) is 0 Å². The van der Waals surface area contributed by atoms with Crippen LogP contribution in [0.3, 0.4) is 0 Å². The van der Waals surface area contributed by atoms with Gasteiger partial charge in [-0.25, -0.2) is 0 Å². The minimum atomic E-state index is -1.75. The summed E-state index contributed by atoms with van der Waals surface area (Å²) in [7, 11) is 0. The third-order valence-electron chi connectivity index (χ3n) is 3.34. The van der Waals surface area contributed by atoms with E-state index in [1.807, 2.05) is 0 Å². The molecule has 0 aliphatic heterocycles. The van der Waals surface area contributed by atoms with Gasteiger partial charge in [0.25, 0.3) is 0 Å². The molecule has 142 valence electrons. The SMILES string of the molecule is Cl.Nc1cccc(Oc2c(F)c(F)c(Oc3cccc(N)c3)c(F)c2F)c1. The number of hydrogen-bond acceptors (Lipinski definition) is 4. The lowest BCUT2D eigenvalue weighted by atomic mass is 10.2. The maximum atomic E-state index is 14.2. The van der Waals surface area contributed by atoms with Gasteiger partial charge >= 0.3 is 0 Å². The molecule has 0 aliphatic carbocycles. The van der Waals surface area contributed by atoms with E-state index < -0.39 is 34.8 Å². The van der Waals surface area contributed by atoms with E-state index in [9.17, 15) is 17.6 Å². The quantitative estimate of drug-likeness (QED) is 0.349. The van der Waals surface area contributed by atoms with Gasteiger partial charge < -0.3 is 20.9 Å². The Morgan fingerprint density at radius 1 is 0.593 bits per heavy atom. The second-order valence-electron chi connectivity index (χ2n) is 5.26. The number of nitrogen functional groups attached to an aromatic ring is 2. The number of anilines is 2. The van der Waals surface area contributed by atoms with Crippen LogP contribution in [0.4, 0.5) is 28.9 Å². The topological polar surface area (TPSA) is 70.5 Å². The second kappa shape index (κ2) is 8.05. The van der Waals surface area contributed by atoms with Crippen LogP contribution in [0.25, 0.3) is 0 Å². The van der Waals surface area contributed by atoms with Gasteiger partial charge in [0.15, 0.2) is 0 Å². The molecular weight excluding hydrogens is 388 g/mol. The van der Waals surface area contributed by atoms with Crippen molar-refractivity contribution in [2.45, 2.75) is 0 Å². The lowest BCUT2D eigenvalue weighted by molar-refractivity contribution is 0.330. The zero-order valence-electron chi connectivity index (χ0n) is 13.5. The molecule has 0 heterocycles. The Balaban J connectivity index is 0.00000261. The Labute approximate surface area is 157 Å². The average molecular weight is 401 g/mol. The Morgan fingerprint density at radius 3 is 1.22 bits per heavy atom. The first-order chi connectivity index (χ1) is 12.4. The fraction of sp³-hybridized carbons (Fsp3) is 0. The van der Waals surface area contributed by atoms with Crippen LogP contribution >= 0.6 is 12.4 Å². The summed E-state index contributed by atoms with van der Waals surface area (Å²) in [4.78, 5) is 0. The van der Waals surface area contributed by atoms with E-state index in [1.165, 1.54) is 48.5 Å². The molecule has 3 aromatic carbocycles. The summed E-state index contributed by atoms with van der Waals surface area (Å²) in [5.41, 5.74) is 11.5. The van der Waals surface area contributed by atoms with E-state index in [1.54, 1.807) is 0 Å². The molecule has 0 spiro atoms. The maximum Gasteiger partial charge on any atom is 0.208 e. The molecule has 0 unspecified atom stereocenters. The molecule has 3 aromatic rings. The van der Waals surface area contributed by atoms with Crippen LogP contribution in [-0.2, 0) is 0 Å². The number of halogens is 5. The van der Waals surface area contributed by atoms with Crippen molar-refractivity contribution >= 4 is 23.8 Å². The lowest BCUT2D eigenvalue weighted by Gasteiger charge is -2.14. The average Bonchev–Trinajstić information content (AvgIpc) is 2.61. The summed E-state index contributed by atoms with van der Waals surface area (Å²) >= 11 is 0. The zero-order valence-corrected chi connectivity index (χ0v) is 14.3. The van der Waals surface area contributed by atoms with Crippen molar-refractivity contribution in [1.82, 2.24) is 0 Å². The normalized spacial score (nSPS) is 10.2. The molecule has 4 nitrogen and oxygen atoms in total. The van der Waals surface area contributed by atoms with Crippen molar-refractivity contribution in [3.8, 4) is 23.0 Å². The molecule has 0 saturated heterocycles. The summed E-state index contributed by atoms with van der Waals surface area (Å²) in [6.07, 6.45) is 0. The Bertz CT molecular complexity index is 878. The second-order valence-corrected chi connectivity index (χ2v) is 5.26. The smallest absolute Gasteiger partial charge is 0.208 e. The molecule has 0 aromatic heterocycles. The molecule has 27 heavy (non-hydrogen) atoms. The minimum Gasteiger partial charge on any atom is -0.451 e. The summed E-state index contributed by atoms with van der Waals surface area (Å²) in [5.74, 6) is -9.65. The van der Waals surface area contributed by atoms with Crippen molar-refractivity contribution in [1.29, 1.82) is 0 Å². The van der Waals surface area contributed by atoms with Crippen LogP contribution in [0.1, 0.15) is 0 Å². The van der Waals surface area contributed by atoms with Crippen LogP contribution in [0.15, 0.2) is 48.5 Å². The molecule has 0 saturated carbocycles. The first-order valence-corrected chi connectivity index (χ1v) is 7.29. The molecular formula is C18H13ClF4N2O2. The van der Waals surface area contributed by atoms with Gasteiger partial charge in [-0.05, 0) is 24.3 Å². The Morgan fingerprint density at radius 2 is 0.926 bits per heavy atom. The standard InChI is InChI=1S/C18H12F4N2O2.ClH/c19-13-15(21)18(26-12-6-2-4-10(24)8-12)16(22)14(20)17(13)25-11-5-1-3-9(23)7-11;/h1-8H,23-24H2;1H. The maximum absolute atomic E-state index is 14.2. The first-order valence-electron chi connectivity index (χ1n) is 7.29. The summed E-state index contributed by atoms with van der Waals surface area (Å²) in [6, 6.07) is 11.0. The zero-order chi connectivity index (χ0) is 18.8. The van der Waals surface area contributed by atoms with E-state index in [-0.39, 0.29) is 35.3 Å². The van der Waals surface area contributed by atoms with E-state index in [0.29, 0.717) is 0 Å². The number of benzene rings is 3. The van der Waals surface area contributed by atoms with Gasteiger partial charge in [-0.3, -0.25) is 0 Å². The van der Waals surface area contributed by atoms with Crippen molar-refractivity contribution in [3.05, 3.63) is 71.8 Å². The first kappa shape index (κ1) is 20.2. The van der Waals surface area contributed by atoms with Gasteiger partial charge in [-0.1, -0.05) is 12.1 Å². The van der Waals surface area contributed by atoms with Gasteiger partial charge in [0.2, 0.25) is 34.8 Å². The van der Waals surface area contributed by atoms with Crippen molar-refractivity contribution < 1.29 is 27.0 Å². The third kappa shape index (κ3) is 4.17. The number of nitrogens with two attached hydrogens (primary N) is 2. The van der Waals surface area contributed by atoms with Gasteiger partial charge in [-0.2, -0.15) is 17.6 Å². The molecule has 4 N–H and O–H groups in total. The van der Waals surface area contributed by atoms with Crippen LogP contribution in [0.5, 0.6) is 23.0 Å². The summed E-state index contributed by atoms with van der Waals surface area (Å²) in [6.45, 7) is 0. The number of rotatable bonds is 4. The number of hydrogen-bond donors (Lipinski definition) is 2. The third-order valence-corrected chi connectivity index (χ3v) is 3.34. The van der Waals surface area contributed by atoms with Crippen molar-refractivity contribution in [2.75, 3.05) is 11.5 Å². The fourth-order valence-corrected chi connectivity index (χ4v) is 2.16. The lowest BCUT2D eigenvalue weighted by Crippen LogP contribution is -2.04. The predicted octanol–water partition coefficient (Wildman–Crippen LogP) is 5.41. The molecule has 0 amide bonds. The number of ether oxygens (including phenoxy) is 2. The Hall–Kier alpha value is -3.13. The highest BCUT2D eigenvalue weighted by Gasteiger charge is 2.29. The van der Waals surface area contributed by atoms with E-state index in [2.05, 4.69) is 0 Å². The highest BCUT2D eigenvalue weighted by atomic mass is 35.5. The highest BCUT2D eigenvalue weighted by molar-refractivity contribution is 5.85. The highest BCUT2D eigenvalue weighted by Crippen LogP contribution is 2.39. The monoisotopic (exact) mass is 400 g/mol. The molecule has 0 radical (unpaired) electrons. The largest absolute Gasteiger partial charge is 0.451 e. The van der Waals surface area contributed by atoms with Gasteiger partial charge in [-0.15, -0.1) is 12.4 Å². The van der Waals surface area contributed by atoms with E-state index >= 15 is 0 Å². The summed E-state index contributed by atoms with van der Waals surface area (Å²) in [5, 5.41) is 0. The van der Waals surface area contributed by atoms with Crippen LogP contribution < -0.4 is 20.9 Å². The van der Waals surface area contributed by atoms with Crippen molar-refractivity contribution in [3.63, 3.8) is 0 Å². The molecule has 0 fully saturated rings. The molecule has 3 rings (SSSR count). The molecule has 9 heteroatoms.